The Balaban J connectivity index is 1.97. The van der Waals surface area contributed by atoms with Gasteiger partial charge in [-0.15, -0.1) is 0 Å². The molecule has 1 aliphatic rings. The van der Waals surface area contributed by atoms with Crippen LogP contribution in [0.15, 0.2) is 18.2 Å². The Bertz CT molecular complexity index is 722. The third-order valence-electron chi connectivity index (χ3n) is 4.09. The molecule has 2 rings (SSSR count). The van der Waals surface area contributed by atoms with Crippen molar-refractivity contribution in [2.75, 3.05) is 26.7 Å². The molecule has 0 saturated carbocycles. The molecule has 0 saturated heterocycles. The Morgan fingerprint density at radius 3 is 2.38 bits per heavy atom. The second-order valence-electron chi connectivity index (χ2n) is 6.38. The number of hydrogen-bond donors (Lipinski definition) is 5. The van der Waals surface area contributed by atoms with E-state index < -0.39 is 26.7 Å². The molecule has 1 aliphatic heterocycles. The standard InChI is InChI=1S/C14H23NO9P2/c1-10-3-4-12-13(7-10)23-9-11(24-12)8-15(2)6-5-14(16,25(17,18)19)26(20,21)22/h3-4,7,11,16H,5-6,8-9H2,1-2H3,(H2,17,18,19)(H2,20,21,22). The van der Waals surface area contributed by atoms with Gasteiger partial charge in [-0.05, 0) is 31.7 Å². The first-order valence-electron chi connectivity index (χ1n) is 7.76. The maximum absolute atomic E-state index is 11.4. The van der Waals surface area contributed by atoms with Gasteiger partial charge in [0, 0.05) is 19.5 Å². The van der Waals surface area contributed by atoms with E-state index in [0.29, 0.717) is 11.5 Å². The summed E-state index contributed by atoms with van der Waals surface area (Å²) in [6, 6.07) is 5.49. The Morgan fingerprint density at radius 2 is 1.81 bits per heavy atom. The van der Waals surface area contributed by atoms with Gasteiger partial charge < -0.3 is 39.1 Å². The van der Waals surface area contributed by atoms with E-state index in [4.69, 9.17) is 29.0 Å². The summed E-state index contributed by atoms with van der Waals surface area (Å²) in [5.74, 6) is 1.20. The van der Waals surface area contributed by atoms with Crippen molar-refractivity contribution >= 4 is 15.2 Å². The molecule has 0 aromatic heterocycles. The van der Waals surface area contributed by atoms with Crippen LogP contribution in [0.1, 0.15) is 12.0 Å². The van der Waals surface area contributed by atoms with Gasteiger partial charge in [0.05, 0.1) is 0 Å². The number of ether oxygens (including phenoxy) is 2. The molecule has 1 heterocycles. The summed E-state index contributed by atoms with van der Waals surface area (Å²) in [5.41, 5.74) is 1.03. The Labute approximate surface area is 150 Å². The summed E-state index contributed by atoms with van der Waals surface area (Å²) in [5, 5.41) is 6.47. The zero-order valence-corrected chi connectivity index (χ0v) is 16.1. The number of aliphatic hydroxyl groups is 1. The molecule has 1 aromatic rings. The van der Waals surface area contributed by atoms with Gasteiger partial charge in [-0.3, -0.25) is 9.13 Å². The van der Waals surface area contributed by atoms with E-state index in [1.54, 1.807) is 18.0 Å². The smallest absolute Gasteiger partial charge is 0.369 e. The highest BCUT2D eigenvalue weighted by Crippen LogP contribution is 2.68. The van der Waals surface area contributed by atoms with Crippen LogP contribution in [-0.2, 0) is 9.13 Å². The minimum atomic E-state index is -5.45. The number of aryl methyl sites for hydroxylation is 1. The molecule has 12 heteroatoms. The minimum Gasteiger partial charge on any atom is -0.486 e. The molecule has 10 nitrogen and oxygen atoms in total. The van der Waals surface area contributed by atoms with E-state index in [1.807, 2.05) is 19.1 Å². The molecule has 0 fully saturated rings. The van der Waals surface area contributed by atoms with Gasteiger partial charge in [0.25, 0.3) is 5.08 Å². The highest BCUT2D eigenvalue weighted by atomic mass is 31.2. The number of likely N-dealkylation sites (N-methyl/N-ethyl adjacent to an activating group) is 1. The molecule has 148 valence electrons. The number of nitrogens with zero attached hydrogens (tertiary/aromatic N) is 1. The van der Waals surface area contributed by atoms with Gasteiger partial charge >= 0.3 is 15.2 Å². The molecular weight excluding hydrogens is 388 g/mol. The fraction of sp³-hybridized carbons (Fsp3) is 0.571. The van der Waals surface area contributed by atoms with Crippen LogP contribution < -0.4 is 9.47 Å². The molecule has 5 N–H and O–H groups in total. The molecule has 1 atom stereocenters. The molecule has 0 bridgehead atoms. The third kappa shape index (κ3) is 4.65. The highest BCUT2D eigenvalue weighted by Gasteiger charge is 2.58. The van der Waals surface area contributed by atoms with Crippen LogP contribution in [-0.4, -0.2) is 67.5 Å². The summed E-state index contributed by atoms with van der Waals surface area (Å²) in [7, 11) is -9.32. The first-order valence-corrected chi connectivity index (χ1v) is 11.0. The van der Waals surface area contributed by atoms with Crippen LogP contribution in [0, 0.1) is 6.92 Å². The van der Waals surface area contributed by atoms with E-state index in [1.165, 1.54) is 0 Å². The zero-order valence-electron chi connectivity index (χ0n) is 14.3. The SMILES string of the molecule is Cc1ccc2c(c1)OCC(CN(C)CCC(O)(P(=O)(O)O)P(=O)(O)O)O2. The van der Waals surface area contributed by atoms with Crippen molar-refractivity contribution in [3.63, 3.8) is 0 Å². The topological polar surface area (TPSA) is 157 Å². The fourth-order valence-corrected chi connectivity index (χ4v) is 4.69. The number of fused-ring (bicyclic) bond motifs is 1. The van der Waals surface area contributed by atoms with Gasteiger partial charge in [0.2, 0.25) is 0 Å². The van der Waals surface area contributed by atoms with E-state index in [0.717, 1.165) is 5.56 Å². The molecule has 26 heavy (non-hydrogen) atoms. The largest absolute Gasteiger partial charge is 0.486 e. The summed E-state index contributed by atoms with van der Waals surface area (Å²) < 4.78 is 34.1. The summed E-state index contributed by atoms with van der Waals surface area (Å²) in [6.45, 7) is 2.27. The fourth-order valence-electron chi connectivity index (χ4n) is 2.55. The van der Waals surface area contributed by atoms with Crippen molar-refractivity contribution in [2.24, 2.45) is 0 Å². The van der Waals surface area contributed by atoms with Gasteiger partial charge in [-0.25, -0.2) is 0 Å². The summed E-state index contributed by atoms with van der Waals surface area (Å²) in [6.07, 6.45) is -1.19. The Morgan fingerprint density at radius 1 is 1.19 bits per heavy atom. The van der Waals surface area contributed by atoms with Gasteiger partial charge in [-0.1, -0.05) is 6.07 Å². The van der Waals surface area contributed by atoms with Crippen molar-refractivity contribution in [2.45, 2.75) is 24.5 Å². The van der Waals surface area contributed by atoms with E-state index in [-0.39, 0.29) is 25.8 Å². The monoisotopic (exact) mass is 411 g/mol. The van der Waals surface area contributed by atoms with Crippen molar-refractivity contribution in [1.29, 1.82) is 0 Å². The molecule has 1 aromatic carbocycles. The molecular formula is C14H23NO9P2. The number of benzene rings is 1. The molecule has 0 radical (unpaired) electrons. The number of rotatable bonds is 7. The van der Waals surface area contributed by atoms with Crippen LogP contribution in [0.5, 0.6) is 11.5 Å². The van der Waals surface area contributed by atoms with E-state index in [2.05, 4.69) is 0 Å². The summed E-state index contributed by atoms with van der Waals surface area (Å²) in [4.78, 5) is 38.1. The molecule has 0 amide bonds. The van der Waals surface area contributed by atoms with Crippen LogP contribution in [0.2, 0.25) is 0 Å². The Kier molecular flexibility index (Phi) is 6.22. The molecule has 0 spiro atoms. The first-order chi connectivity index (χ1) is 11.8. The van der Waals surface area contributed by atoms with E-state index in [9.17, 15) is 14.2 Å². The van der Waals surface area contributed by atoms with E-state index >= 15 is 0 Å². The minimum absolute atomic E-state index is 0.173. The maximum atomic E-state index is 11.4. The highest BCUT2D eigenvalue weighted by molar-refractivity contribution is 7.72. The van der Waals surface area contributed by atoms with Crippen molar-refractivity contribution in [1.82, 2.24) is 4.90 Å². The van der Waals surface area contributed by atoms with Crippen LogP contribution in [0.25, 0.3) is 0 Å². The summed E-state index contributed by atoms with van der Waals surface area (Å²) >= 11 is 0. The second-order valence-corrected chi connectivity index (χ2v) is 10.4. The van der Waals surface area contributed by atoms with Gasteiger partial charge in [0.15, 0.2) is 11.5 Å². The van der Waals surface area contributed by atoms with Crippen molar-refractivity contribution < 1.29 is 43.3 Å². The molecule has 1 unspecified atom stereocenters. The normalized spacial score (nSPS) is 18.2. The first kappa shape index (κ1) is 21.3. The second kappa shape index (κ2) is 7.58. The van der Waals surface area contributed by atoms with Crippen LogP contribution >= 0.6 is 15.2 Å². The predicted molar refractivity (Wildman–Crippen MR) is 92.2 cm³/mol. The Hall–Kier alpha value is -0.960. The zero-order chi connectivity index (χ0) is 19.8. The number of hydrogen-bond acceptors (Lipinski definition) is 6. The van der Waals surface area contributed by atoms with Gasteiger partial charge in [-0.2, -0.15) is 0 Å². The lowest BCUT2D eigenvalue weighted by atomic mass is 10.2. The quantitative estimate of drug-likeness (QED) is 0.399. The van der Waals surface area contributed by atoms with Gasteiger partial charge in [0.1, 0.15) is 12.7 Å². The van der Waals surface area contributed by atoms with Crippen LogP contribution in [0.3, 0.4) is 0 Å². The average Bonchev–Trinajstić information content (AvgIpc) is 2.50. The maximum Gasteiger partial charge on any atom is 0.369 e. The van der Waals surface area contributed by atoms with Crippen molar-refractivity contribution in [3.05, 3.63) is 23.8 Å². The van der Waals surface area contributed by atoms with Crippen LogP contribution in [0.4, 0.5) is 0 Å². The molecule has 0 aliphatic carbocycles. The lowest BCUT2D eigenvalue weighted by Gasteiger charge is -2.33. The third-order valence-corrected chi connectivity index (χ3v) is 7.97. The predicted octanol–water partition coefficient (Wildman–Crippen LogP) is 0.458. The lowest BCUT2D eigenvalue weighted by Crippen LogP contribution is -2.41. The lowest BCUT2D eigenvalue weighted by molar-refractivity contribution is 0.0582. The van der Waals surface area contributed by atoms with Crippen molar-refractivity contribution in [3.8, 4) is 11.5 Å². The average molecular weight is 411 g/mol.